The Morgan fingerprint density at radius 2 is 2.00 bits per heavy atom. The van der Waals surface area contributed by atoms with Gasteiger partial charge in [-0.05, 0) is 38.4 Å². The Labute approximate surface area is 126 Å². The maximum absolute atomic E-state index is 11.8. The fourth-order valence-corrected chi connectivity index (χ4v) is 2.33. The fourth-order valence-electron chi connectivity index (χ4n) is 2.33. The standard InChI is InChI=1S/C14H27N3O4/c1-14(5-7-17(2)8-6-14)10-15-13(20)16-11(12(18)19)4-9-21-3/h11H,4-10H2,1-3H3,(H,18,19)(H2,15,16,20). The summed E-state index contributed by atoms with van der Waals surface area (Å²) in [5.41, 5.74) is 0.0785. The molecule has 0 aromatic heterocycles. The van der Waals surface area contributed by atoms with Gasteiger partial charge in [0.25, 0.3) is 0 Å². The van der Waals surface area contributed by atoms with Gasteiger partial charge in [0.2, 0.25) is 0 Å². The highest BCUT2D eigenvalue weighted by Crippen LogP contribution is 2.29. The van der Waals surface area contributed by atoms with Gasteiger partial charge in [-0.15, -0.1) is 0 Å². The number of piperidine rings is 1. The molecular formula is C14H27N3O4. The van der Waals surface area contributed by atoms with Crippen LogP contribution in [0.1, 0.15) is 26.2 Å². The monoisotopic (exact) mass is 301 g/mol. The number of carboxylic acids is 1. The average Bonchev–Trinajstić information content (AvgIpc) is 2.44. The molecule has 0 saturated carbocycles. The molecule has 1 aliphatic heterocycles. The van der Waals surface area contributed by atoms with E-state index in [0.29, 0.717) is 13.2 Å². The smallest absolute Gasteiger partial charge is 0.326 e. The second-order valence-corrected chi connectivity index (χ2v) is 6.11. The van der Waals surface area contributed by atoms with Gasteiger partial charge in [-0.3, -0.25) is 0 Å². The molecule has 1 rings (SSSR count). The summed E-state index contributed by atoms with van der Waals surface area (Å²) in [6.07, 6.45) is 2.30. The molecule has 1 unspecified atom stereocenters. The van der Waals surface area contributed by atoms with Gasteiger partial charge in [0.15, 0.2) is 0 Å². The minimum atomic E-state index is -1.05. The van der Waals surface area contributed by atoms with Crippen molar-refractivity contribution in [1.29, 1.82) is 0 Å². The normalized spacial score (nSPS) is 19.8. The second kappa shape index (κ2) is 8.19. The summed E-state index contributed by atoms with van der Waals surface area (Å²) >= 11 is 0. The largest absolute Gasteiger partial charge is 0.480 e. The Kier molecular flexibility index (Phi) is 6.91. The van der Waals surface area contributed by atoms with Gasteiger partial charge in [-0.2, -0.15) is 0 Å². The van der Waals surface area contributed by atoms with Crippen LogP contribution in [0.3, 0.4) is 0 Å². The van der Waals surface area contributed by atoms with Crippen molar-refractivity contribution in [2.75, 3.05) is 40.4 Å². The van der Waals surface area contributed by atoms with Crippen LogP contribution in [-0.2, 0) is 9.53 Å². The summed E-state index contributed by atoms with van der Waals surface area (Å²) in [5.74, 6) is -1.05. The highest BCUT2D eigenvalue weighted by atomic mass is 16.5. The first-order chi connectivity index (χ1) is 9.86. The fraction of sp³-hybridized carbons (Fsp3) is 0.857. The van der Waals surface area contributed by atoms with E-state index in [-0.39, 0.29) is 11.8 Å². The van der Waals surface area contributed by atoms with Crippen molar-refractivity contribution in [3.8, 4) is 0 Å². The van der Waals surface area contributed by atoms with E-state index in [1.807, 2.05) is 0 Å². The van der Waals surface area contributed by atoms with Crippen LogP contribution in [0.4, 0.5) is 4.79 Å². The summed E-state index contributed by atoms with van der Waals surface area (Å²) in [6, 6.07) is -1.35. The molecule has 1 fully saturated rings. The van der Waals surface area contributed by atoms with Gasteiger partial charge in [-0.1, -0.05) is 6.92 Å². The predicted octanol–water partition coefficient (Wildman–Crippen LogP) is 0.507. The lowest BCUT2D eigenvalue weighted by molar-refractivity contribution is -0.139. The summed E-state index contributed by atoms with van der Waals surface area (Å²) in [7, 11) is 3.59. The highest BCUT2D eigenvalue weighted by Gasteiger charge is 2.29. The van der Waals surface area contributed by atoms with Gasteiger partial charge in [0.1, 0.15) is 6.04 Å². The lowest BCUT2D eigenvalue weighted by atomic mass is 9.80. The van der Waals surface area contributed by atoms with E-state index >= 15 is 0 Å². The summed E-state index contributed by atoms with van der Waals surface area (Å²) in [5, 5.41) is 14.3. The number of likely N-dealkylation sites (tertiary alicyclic amines) is 1. The van der Waals surface area contributed by atoms with Crippen molar-refractivity contribution in [3.63, 3.8) is 0 Å². The third-order valence-electron chi connectivity index (χ3n) is 4.08. The molecular weight excluding hydrogens is 274 g/mol. The van der Waals surface area contributed by atoms with Gasteiger partial charge in [-0.25, -0.2) is 9.59 Å². The second-order valence-electron chi connectivity index (χ2n) is 6.11. The molecule has 0 spiro atoms. The van der Waals surface area contributed by atoms with Crippen molar-refractivity contribution < 1.29 is 19.4 Å². The molecule has 1 atom stereocenters. The SMILES string of the molecule is COCCC(NC(=O)NCC1(C)CCN(C)CC1)C(=O)O. The number of carbonyl (C=O) groups excluding carboxylic acids is 1. The van der Waals surface area contributed by atoms with E-state index in [4.69, 9.17) is 9.84 Å². The lowest BCUT2D eigenvalue weighted by Crippen LogP contribution is -2.50. The summed E-state index contributed by atoms with van der Waals surface area (Å²) in [4.78, 5) is 25.1. The first-order valence-corrected chi connectivity index (χ1v) is 7.31. The number of ether oxygens (including phenoxy) is 1. The number of amides is 2. The number of rotatable bonds is 7. The number of nitrogens with zero attached hydrogens (tertiary/aromatic N) is 1. The van der Waals surface area contributed by atoms with Crippen LogP contribution in [0.25, 0.3) is 0 Å². The van der Waals surface area contributed by atoms with Gasteiger partial charge < -0.3 is 25.4 Å². The molecule has 1 heterocycles. The molecule has 3 N–H and O–H groups in total. The topological polar surface area (TPSA) is 90.9 Å². The van der Waals surface area contributed by atoms with Crippen LogP contribution in [-0.4, -0.2) is 68.4 Å². The van der Waals surface area contributed by atoms with E-state index in [1.54, 1.807) is 0 Å². The van der Waals surface area contributed by atoms with E-state index < -0.39 is 18.0 Å². The molecule has 0 aromatic rings. The highest BCUT2D eigenvalue weighted by molar-refractivity contribution is 5.82. The molecule has 0 aliphatic carbocycles. The Hall–Kier alpha value is -1.34. The lowest BCUT2D eigenvalue weighted by Gasteiger charge is -2.38. The molecule has 0 aromatic carbocycles. The maximum atomic E-state index is 11.8. The van der Waals surface area contributed by atoms with Crippen molar-refractivity contribution in [2.24, 2.45) is 5.41 Å². The number of carbonyl (C=O) groups is 2. The quantitative estimate of drug-likeness (QED) is 0.637. The Balaban J connectivity index is 2.36. The van der Waals surface area contributed by atoms with E-state index in [2.05, 4.69) is 29.5 Å². The zero-order valence-corrected chi connectivity index (χ0v) is 13.1. The molecule has 0 bridgehead atoms. The number of aliphatic carboxylic acids is 1. The van der Waals surface area contributed by atoms with E-state index in [1.165, 1.54) is 7.11 Å². The molecule has 0 radical (unpaired) electrons. The molecule has 7 heteroatoms. The number of methoxy groups -OCH3 is 1. The Morgan fingerprint density at radius 1 is 1.38 bits per heavy atom. The first kappa shape index (κ1) is 17.7. The van der Waals surface area contributed by atoms with Crippen molar-refractivity contribution in [1.82, 2.24) is 15.5 Å². The molecule has 2 amide bonds. The minimum Gasteiger partial charge on any atom is -0.480 e. The summed E-state index contributed by atoms with van der Waals surface area (Å²) in [6.45, 7) is 5.04. The molecule has 21 heavy (non-hydrogen) atoms. The van der Waals surface area contributed by atoms with Crippen LogP contribution in [0.15, 0.2) is 0 Å². The molecule has 122 valence electrons. The average molecular weight is 301 g/mol. The number of nitrogens with one attached hydrogen (secondary N) is 2. The van der Waals surface area contributed by atoms with Gasteiger partial charge in [0.05, 0.1) is 0 Å². The van der Waals surface area contributed by atoms with Crippen molar-refractivity contribution in [2.45, 2.75) is 32.2 Å². The Morgan fingerprint density at radius 3 is 2.52 bits per heavy atom. The van der Waals surface area contributed by atoms with E-state index in [0.717, 1.165) is 25.9 Å². The molecule has 7 nitrogen and oxygen atoms in total. The maximum Gasteiger partial charge on any atom is 0.326 e. The Bertz CT molecular complexity index is 354. The zero-order valence-electron chi connectivity index (χ0n) is 13.1. The molecule has 1 saturated heterocycles. The van der Waals surface area contributed by atoms with Crippen LogP contribution in [0.2, 0.25) is 0 Å². The summed E-state index contributed by atoms with van der Waals surface area (Å²) < 4.78 is 4.85. The number of hydrogen-bond donors (Lipinski definition) is 3. The van der Waals surface area contributed by atoms with Crippen LogP contribution in [0.5, 0.6) is 0 Å². The van der Waals surface area contributed by atoms with Gasteiger partial charge >= 0.3 is 12.0 Å². The first-order valence-electron chi connectivity index (χ1n) is 7.31. The van der Waals surface area contributed by atoms with Crippen molar-refractivity contribution >= 4 is 12.0 Å². The number of hydrogen-bond acceptors (Lipinski definition) is 4. The minimum absolute atomic E-state index is 0.0785. The van der Waals surface area contributed by atoms with Crippen LogP contribution in [0, 0.1) is 5.41 Å². The third-order valence-corrected chi connectivity index (χ3v) is 4.08. The molecule has 1 aliphatic rings. The zero-order chi connectivity index (χ0) is 15.9. The van der Waals surface area contributed by atoms with Crippen molar-refractivity contribution in [3.05, 3.63) is 0 Å². The van der Waals surface area contributed by atoms with Gasteiger partial charge in [0, 0.05) is 26.7 Å². The van der Waals surface area contributed by atoms with Crippen LogP contribution >= 0.6 is 0 Å². The predicted molar refractivity (Wildman–Crippen MR) is 79.3 cm³/mol. The van der Waals surface area contributed by atoms with Crippen LogP contribution < -0.4 is 10.6 Å². The number of urea groups is 1. The van der Waals surface area contributed by atoms with E-state index in [9.17, 15) is 9.59 Å². The number of carboxylic acid groups (broad SMARTS) is 1. The third kappa shape index (κ3) is 6.31.